The Labute approximate surface area is 137 Å². The van der Waals surface area contributed by atoms with Crippen LogP contribution in [0.5, 0.6) is 0 Å². The molecule has 1 amide bonds. The lowest BCUT2D eigenvalue weighted by Crippen LogP contribution is -2.69. The van der Waals surface area contributed by atoms with E-state index in [0.717, 1.165) is 11.1 Å². The van der Waals surface area contributed by atoms with E-state index in [1.165, 1.54) is 0 Å². The van der Waals surface area contributed by atoms with Crippen molar-refractivity contribution in [2.75, 3.05) is 32.6 Å². The van der Waals surface area contributed by atoms with E-state index in [9.17, 15) is 13.2 Å². The van der Waals surface area contributed by atoms with E-state index in [-0.39, 0.29) is 17.6 Å². The third-order valence-electron chi connectivity index (χ3n) is 5.34. The van der Waals surface area contributed by atoms with E-state index in [0.29, 0.717) is 32.5 Å². The Balaban J connectivity index is 1.70. The third-order valence-corrected chi connectivity index (χ3v) is 7.94. The van der Waals surface area contributed by atoms with Crippen LogP contribution in [-0.4, -0.2) is 56.5 Å². The van der Waals surface area contributed by atoms with Crippen molar-refractivity contribution in [3.8, 4) is 0 Å². The van der Waals surface area contributed by atoms with Gasteiger partial charge in [-0.3, -0.25) is 4.79 Å². The number of sulfone groups is 1. The molecule has 1 aromatic carbocycles. The Bertz CT molecular complexity index is 707. The highest BCUT2D eigenvalue weighted by Gasteiger charge is 2.62. The number of carbonyl (C=O) groups is 1. The van der Waals surface area contributed by atoms with Gasteiger partial charge in [-0.05, 0) is 24.5 Å². The molecule has 0 N–H and O–H groups in total. The summed E-state index contributed by atoms with van der Waals surface area (Å²) in [5.41, 5.74) is 2.09. The number of nitrogens with zero attached hydrogens (tertiary/aromatic N) is 1. The maximum Gasteiger partial charge on any atom is 0.227 e. The summed E-state index contributed by atoms with van der Waals surface area (Å²) in [5.74, 6) is 0.212. The summed E-state index contributed by atoms with van der Waals surface area (Å²) >= 11 is 0. The Morgan fingerprint density at radius 1 is 1.35 bits per heavy atom. The van der Waals surface area contributed by atoms with Gasteiger partial charge in [-0.2, -0.15) is 0 Å². The molecule has 2 aliphatic heterocycles. The summed E-state index contributed by atoms with van der Waals surface area (Å²) in [6.07, 6.45) is 0.966. The molecule has 23 heavy (non-hydrogen) atoms. The molecule has 0 radical (unpaired) electrons. The maximum absolute atomic E-state index is 12.5. The first kappa shape index (κ1) is 16.5. The predicted octanol–water partition coefficient (Wildman–Crippen LogP) is 1.20. The molecule has 2 heterocycles. The van der Waals surface area contributed by atoms with Gasteiger partial charge in [-0.25, -0.2) is 8.42 Å². The molecule has 3 rings (SSSR count). The van der Waals surface area contributed by atoms with Crippen molar-refractivity contribution < 1.29 is 17.9 Å². The molecule has 6 heteroatoms. The molecule has 5 nitrogen and oxygen atoms in total. The van der Waals surface area contributed by atoms with Crippen molar-refractivity contribution in [2.24, 2.45) is 5.92 Å². The molecule has 2 aliphatic rings. The molecule has 2 fully saturated rings. The standard InChI is InChI=1S/C17H23NO4S/c1-13-5-3-4-6-14(13)9-16(19)18-11-17(12-18)15(10-22-2)7-8-23(17,20)21/h3-6,15H,7-12H2,1-2H3/t15-/m0/s1. The number of aryl methyl sites for hydroxylation is 1. The highest BCUT2D eigenvalue weighted by molar-refractivity contribution is 7.93. The molecule has 0 aromatic heterocycles. The zero-order valence-electron chi connectivity index (χ0n) is 13.6. The summed E-state index contributed by atoms with van der Waals surface area (Å²) < 4.78 is 29.3. The van der Waals surface area contributed by atoms with Gasteiger partial charge >= 0.3 is 0 Å². The van der Waals surface area contributed by atoms with Gasteiger partial charge in [-0.1, -0.05) is 24.3 Å². The van der Waals surface area contributed by atoms with Gasteiger partial charge in [0.15, 0.2) is 9.84 Å². The summed E-state index contributed by atoms with van der Waals surface area (Å²) in [6, 6.07) is 7.80. The number of amides is 1. The number of hydrogen-bond donors (Lipinski definition) is 0. The minimum absolute atomic E-state index is 0.0000106. The number of hydrogen-bond acceptors (Lipinski definition) is 4. The van der Waals surface area contributed by atoms with Gasteiger partial charge in [0.2, 0.25) is 5.91 Å². The van der Waals surface area contributed by atoms with Crippen LogP contribution in [0.1, 0.15) is 17.5 Å². The van der Waals surface area contributed by atoms with E-state index in [2.05, 4.69) is 0 Å². The van der Waals surface area contributed by atoms with Crippen molar-refractivity contribution in [1.29, 1.82) is 0 Å². The van der Waals surface area contributed by atoms with Gasteiger partial charge < -0.3 is 9.64 Å². The minimum atomic E-state index is -3.14. The lowest BCUT2D eigenvalue weighted by molar-refractivity contribution is -0.137. The first-order valence-corrected chi connectivity index (χ1v) is 9.58. The minimum Gasteiger partial charge on any atom is -0.384 e. The van der Waals surface area contributed by atoms with Crippen LogP contribution >= 0.6 is 0 Å². The van der Waals surface area contributed by atoms with Crippen LogP contribution in [0.2, 0.25) is 0 Å². The van der Waals surface area contributed by atoms with Crippen molar-refractivity contribution in [2.45, 2.75) is 24.5 Å². The lowest BCUT2D eigenvalue weighted by atomic mass is 9.83. The fraction of sp³-hybridized carbons (Fsp3) is 0.588. The zero-order valence-corrected chi connectivity index (χ0v) is 14.4. The maximum atomic E-state index is 12.5. The van der Waals surface area contributed by atoms with Crippen LogP contribution in [0.3, 0.4) is 0 Å². The zero-order chi connectivity index (χ0) is 16.7. The Morgan fingerprint density at radius 3 is 2.70 bits per heavy atom. The highest BCUT2D eigenvalue weighted by atomic mass is 32.2. The van der Waals surface area contributed by atoms with E-state index in [4.69, 9.17) is 4.74 Å². The third kappa shape index (κ3) is 2.68. The smallest absolute Gasteiger partial charge is 0.227 e. The van der Waals surface area contributed by atoms with E-state index < -0.39 is 14.6 Å². The number of rotatable bonds is 4. The largest absolute Gasteiger partial charge is 0.384 e. The number of likely N-dealkylation sites (tertiary alicyclic amines) is 1. The van der Waals surface area contributed by atoms with Crippen LogP contribution in [-0.2, 0) is 25.8 Å². The van der Waals surface area contributed by atoms with Gasteiger partial charge in [0.05, 0.1) is 18.8 Å². The summed E-state index contributed by atoms with van der Waals surface area (Å²) in [6.45, 7) is 3.05. The number of ether oxygens (including phenoxy) is 1. The monoisotopic (exact) mass is 337 g/mol. The summed E-state index contributed by atoms with van der Waals surface area (Å²) in [7, 11) is -1.55. The molecular formula is C17H23NO4S. The SMILES string of the molecule is COC[C@@H]1CCS(=O)(=O)C12CN(C(=O)Cc1ccccc1C)C2. The lowest BCUT2D eigenvalue weighted by Gasteiger charge is -2.49. The fourth-order valence-electron chi connectivity index (χ4n) is 3.77. The summed E-state index contributed by atoms with van der Waals surface area (Å²) in [4.78, 5) is 14.1. The molecule has 0 unspecified atom stereocenters. The second kappa shape index (κ2) is 5.91. The molecular weight excluding hydrogens is 314 g/mol. The molecule has 1 atom stereocenters. The second-order valence-electron chi connectivity index (χ2n) is 6.68. The number of carbonyl (C=O) groups excluding carboxylic acids is 1. The van der Waals surface area contributed by atoms with Crippen LogP contribution in [0.25, 0.3) is 0 Å². The molecule has 0 saturated carbocycles. The van der Waals surface area contributed by atoms with Gasteiger partial charge in [-0.15, -0.1) is 0 Å². The predicted molar refractivity (Wildman–Crippen MR) is 88.0 cm³/mol. The Hall–Kier alpha value is -1.40. The normalized spacial score (nSPS) is 24.6. The topological polar surface area (TPSA) is 63.7 Å². The Morgan fingerprint density at radius 2 is 2.04 bits per heavy atom. The van der Waals surface area contributed by atoms with Crippen LogP contribution < -0.4 is 0 Å². The average molecular weight is 337 g/mol. The molecule has 0 aliphatic carbocycles. The van der Waals surface area contributed by atoms with Crippen LogP contribution in [0.15, 0.2) is 24.3 Å². The molecule has 1 aromatic rings. The second-order valence-corrected chi connectivity index (χ2v) is 9.13. The Kier molecular flexibility index (Phi) is 4.23. The van der Waals surface area contributed by atoms with Gasteiger partial charge in [0.1, 0.15) is 4.75 Å². The fourth-order valence-corrected chi connectivity index (χ4v) is 6.17. The summed E-state index contributed by atoms with van der Waals surface area (Å²) in [5, 5.41) is 0. The number of benzene rings is 1. The molecule has 2 saturated heterocycles. The van der Waals surface area contributed by atoms with Crippen LogP contribution in [0.4, 0.5) is 0 Å². The van der Waals surface area contributed by atoms with E-state index >= 15 is 0 Å². The van der Waals surface area contributed by atoms with Crippen molar-refractivity contribution >= 4 is 15.7 Å². The van der Waals surface area contributed by atoms with Crippen molar-refractivity contribution in [1.82, 2.24) is 4.90 Å². The van der Waals surface area contributed by atoms with E-state index in [1.54, 1.807) is 12.0 Å². The number of methoxy groups -OCH3 is 1. The average Bonchev–Trinajstić information content (AvgIpc) is 2.71. The molecule has 126 valence electrons. The first-order valence-electron chi connectivity index (χ1n) is 7.93. The first-order chi connectivity index (χ1) is 10.9. The van der Waals surface area contributed by atoms with Gasteiger partial charge in [0.25, 0.3) is 0 Å². The highest BCUT2D eigenvalue weighted by Crippen LogP contribution is 2.44. The molecule has 1 spiro atoms. The van der Waals surface area contributed by atoms with Crippen molar-refractivity contribution in [3.05, 3.63) is 35.4 Å². The van der Waals surface area contributed by atoms with Gasteiger partial charge in [0, 0.05) is 26.1 Å². The molecule has 0 bridgehead atoms. The van der Waals surface area contributed by atoms with Crippen LogP contribution in [0, 0.1) is 12.8 Å². The van der Waals surface area contributed by atoms with E-state index in [1.807, 2.05) is 31.2 Å². The quantitative estimate of drug-likeness (QED) is 0.828. The van der Waals surface area contributed by atoms with Crippen molar-refractivity contribution in [3.63, 3.8) is 0 Å².